The first kappa shape index (κ1) is 13.3. The fourth-order valence-electron chi connectivity index (χ4n) is 2.93. The topological polar surface area (TPSA) is 64.9 Å². The third-order valence-electron chi connectivity index (χ3n) is 4.24. The molecule has 1 aliphatic carbocycles. The number of nitrogens with zero attached hydrogens (tertiary/aromatic N) is 2. The predicted octanol–water partition coefficient (Wildman–Crippen LogP) is 3.55. The Bertz CT molecular complexity index is 583. The van der Waals surface area contributed by atoms with Gasteiger partial charge in [0.2, 0.25) is 0 Å². The van der Waals surface area contributed by atoms with Gasteiger partial charge in [0.15, 0.2) is 5.82 Å². The zero-order valence-corrected chi connectivity index (χ0v) is 11.9. The Morgan fingerprint density at radius 1 is 1.10 bits per heavy atom. The summed E-state index contributed by atoms with van der Waals surface area (Å²) >= 11 is 0. The maximum absolute atomic E-state index is 6.52. The molecule has 0 spiro atoms. The molecule has 2 aromatic rings. The van der Waals surface area contributed by atoms with Crippen molar-refractivity contribution in [1.29, 1.82) is 0 Å². The van der Waals surface area contributed by atoms with Crippen molar-refractivity contribution in [3.63, 3.8) is 0 Å². The van der Waals surface area contributed by atoms with Gasteiger partial charge in [0, 0.05) is 5.56 Å². The molecule has 106 valence electrons. The molecule has 3 rings (SSSR count). The van der Waals surface area contributed by atoms with E-state index in [9.17, 15) is 0 Å². The second-order valence-electron chi connectivity index (χ2n) is 5.81. The van der Waals surface area contributed by atoms with E-state index >= 15 is 0 Å². The third-order valence-corrected chi connectivity index (χ3v) is 4.24. The summed E-state index contributed by atoms with van der Waals surface area (Å²) in [4.78, 5) is 4.58. The minimum absolute atomic E-state index is 0.416. The Hall–Kier alpha value is -1.68. The van der Waals surface area contributed by atoms with Crippen molar-refractivity contribution >= 4 is 0 Å². The van der Waals surface area contributed by atoms with Crippen LogP contribution in [0.4, 0.5) is 0 Å². The summed E-state index contributed by atoms with van der Waals surface area (Å²) in [6.07, 6.45) is 6.68. The molecular weight excluding hydrogens is 250 g/mol. The van der Waals surface area contributed by atoms with Crippen LogP contribution in [0.25, 0.3) is 11.5 Å². The van der Waals surface area contributed by atoms with Crippen LogP contribution in [0.2, 0.25) is 0 Å². The summed E-state index contributed by atoms with van der Waals surface area (Å²) in [5.41, 5.74) is 8.23. The quantitative estimate of drug-likeness (QED) is 0.848. The molecule has 0 bridgehead atoms. The number of nitrogens with two attached hydrogens (primary N) is 1. The normalized spacial score (nSPS) is 18.7. The molecular formula is C16H21N3O. The lowest BCUT2D eigenvalue weighted by atomic mass is 9.91. The molecule has 2 N–H and O–H groups in total. The smallest absolute Gasteiger partial charge is 0.258 e. The van der Waals surface area contributed by atoms with Crippen molar-refractivity contribution in [2.75, 3.05) is 0 Å². The van der Waals surface area contributed by atoms with E-state index in [0.29, 0.717) is 11.7 Å². The van der Waals surface area contributed by atoms with Crippen LogP contribution in [-0.4, -0.2) is 10.1 Å². The van der Waals surface area contributed by atoms with Gasteiger partial charge in [0.1, 0.15) is 0 Å². The Morgan fingerprint density at radius 2 is 1.80 bits per heavy atom. The first-order valence-electron chi connectivity index (χ1n) is 7.38. The van der Waals surface area contributed by atoms with E-state index in [2.05, 4.69) is 10.1 Å². The number of rotatable bonds is 2. The van der Waals surface area contributed by atoms with Crippen LogP contribution in [0.15, 0.2) is 28.8 Å². The van der Waals surface area contributed by atoms with Gasteiger partial charge >= 0.3 is 0 Å². The maximum Gasteiger partial charge on any atom is 0.258 e. The summed E-state index contributed by atoms with van der Waals surface area (Å²) in [5.74, 6) is 1.24. The van der Waals surface area contributed by atoms with Gasteiger partial charge in [0.25, 0.3) is 5.89 Å². The SMILES string of the molecule is Cc1ccccc1-c1nc(C2(N)CCCCCC2)no1. The Balaban J connectivity index is 1.92. The molecule has 1 saturated carbocycles. The molecule has 1 aromatic carbocycles. The molecule has 0 saturated heterocycles. The molecule has 4 heteroatoms. The lowest BCUT2D eigenvalue weighted by Gasteiger charge is -2.23. The first-order valence-corrected chi connectivity index (χ1v) is 7.38. The van der Waals surface area contributed by atoms with Gasteiger partial charge in [-0.05, 0) is 31.4 Å². The van der Waals surface area contributed by atoms with Crippen LogP contribution < -0.4 is 5.73 Å². The molecule has 0 radical (unpaired) electrons. The molecule has 1 fully saturated rings. The second kappa shape index (κ2) is 5.37. The molecule has 4 nitrogen and oxygen atoms in total. The number of aromatic nitrogens is 2. The van der Waals surface area contributed by atoms with Crippen LogP contribution in [-0.2, 0) is 5.54 Å². The maximum atomic E-state index is 6.52. The van der Waals surface area contributed by atoms with E-state index in [1.807, 2.05) is 31.2 Å². The molecule has 0 unspecified atom stereocenters. The van der Waals surface area contributed by atoms with Crippen molar-refractivity contribution in [3.05, 3.63) is 35.7 Å². The van der Waals surface area contributed by atoms with E-state index in [4.69, 9.17) is 10.3 Å². The summed E-state index contributed by atoms with van der Waals surface area (Å²) < 4.78 is 5.45. The average Bonchev–Trinajstić information content (AvgIpc) is 2.84. The Labute approximate surface area is 119 Å². The summed E-state index contributed by atoms with van der Waals surface area (Å²) in [5, 5.41) is 4.16. The van der Waals surface area contributed by atoms with E-state index in [0.717, 1.165) is 36.8 Å². The van der Waals surface area contributed by atoms with Gasteiger partial charge in [0.05, 0.1) is 5.54 Å². The lowest BCUT2D eigenvalue weighted by Crippen LogP contribution is -2.37. The first-order chi connectivity index (χ1) is 9.69. The fourth-order valence-corrected chi connectivity index (χ4v) is 2.93. The standard InChI is InChI=1S/C16H21N3O/c1-12-8-4-5-9-13(12)14-18-15(19-20-14)16(17)10-6-2-3-7-11-16/h4-5,8-9H,2-3,6-7,10-11,17H2,1H3. The summed E-state index contributed by atoms with van der Waals surface area (Å²) in [6.45, 7) is 2.04. The highest BCUT2D eigenvalue weighted by molar-refractivity contribution is 5.57. The van der Waals surface area contributed by atoms with E-state index in [1.54, 1.807) is 0 Å². The van der Waals surface area contributed by atoms with Crippen LogP contribution in [0.3, 0.4) is 0 Å². The van der Waals surface area contributed by atoms with Crippen molar-refractivity contribution in [3.8, 4) is 11.5 Å². The Kier molecular flexibility index (Phi) is 3.57. The fraction of sp³-hybridized carbons (Fsp3) is 0.500. The van der Waals surface area contributed by atoms with Gasteiger partial charge in [-0.2, -0.15) is 4.98 Å². The minimum Gasteiger partial charge on any atom is -0.334 e. The van der Waals surface area contributed by atoms with Gasteiger partial charge < -0.3 is 10.3 Å². The van der Waals surface area contributed by atoms with Gasteiger partial charge in [-0.1, -0.05) is 49.0 Å². The van der Waals surface area contributed by atoms with Crippen LogP contribution in [0.1, 0.15) is 49.9 Å². The van der Waals surface area contributed by atoms with Crippen LogP contribution in [0, 0.1) is 6.92 Å². The average molecular weight is 271 g/mol. The van der Waals surface area contributed by atoms with Crippen molar-refractivity contribution < 1.29 is 4.52 Å². The highest BCUT2D eigenvalue weighted by Gasteiger charge is 2.33. The van der Waals surface area contributed by atoms with E-state index < -0.39 is 5.54 Å². The Morgan fingerprint density at radius 3 is 2.50 bits per heavy atom. The summed E-state index contributed by atoms with van der Waals surface area (Å²) in [6, 6.07) is 8.04. The van der Waals surface area contributed by atoms with E-state index in [1.165, 1.54) is 12.8 Å². The van der Waals surface area contributed by atoms with Crippen LogP contribution >= 0.6 is 0 Å². The highest BCUT2D eigenvalue weighted by Crippen LogP contribution is 2.33. The molecule has 1 heterocycles. The van der Waals surface area contributed by atoms with Gasteiger partial charge in [-0.15, -0.1) is 0 Å². The largest absolute Gasteiger partial charge is 0.334 e. The van der Waals surface area contributed by atoms with Crippen molar-refractivity contribution in [1.82, 2.24) is 10.1 Å². The molecule has 20 heavy (non-hydrogen) atoms. The highest BCUT2D eigenvalue weighted by atomic mass is 16.5. The molecule has 0 amide bonds. The van der Waals surface area contributed by atoms with Gasteiger partial charge in [-0.25, -0.2) is 0 Å². The molecule has 1 aromatic heterocycles. The monoisotopic (exact) mass is 271 g/mol. The number of hydrogen-bond donors (Lipinski definition) is 1. The zero-order valence-electron chi connectivity index (χ0n) is 11.9. The second-order valence-corrected chi connectivity index (χ2v) is 5.81. The third kappa shape index (κ3) is 2.48. The minimum atomic E-state index is -0.416. The predicted molar refractivity (Wildman–Crippen MR) is 78.0 cm³/mol. The van der Waals surface area contributed by atoms with Crippen LogP contribution in [0.5, 0.6) is 0 Å². The number of benzene rings is 1. The number of aryl methyl sites for hydroxylation is 1. The molecule has 0 atom stereocenters. The molecule has 1 aliphatic rings. The summed E-state index contributed by atoms with van der Waals surface area (Å²) in [7, 11) is 0. The zero-order chi connectivity index (χ0) is 14.0. The van der Waals surface area contributed by atoms with Gasteiger partial charge in [-0.3, -0.25) is 0 Å². The molecule has 0 aliphatic heterocycles. The number of hydrogen-bond acceptors (Lipinski definition) is 4. The van der Waals surface area contributed by atoms with E-state index in [-0.39, 0.29) is 0 Å². The van der Waals surface area contributed by atoms with Crippen molar-refractivity contribution in [2.45, 2.75) is 51.0 Å². The van der Waals surface area contributed by atoms with Crippen molar-refractivity contribution in [2.24, 2.45) is 5.73 Å². The lowest BCUT2D eigenvalue weighted by molar-refractivity contribution is 0.334.